The van der Waals surface area contributed by atoms with Crippen molar-refractivity contribution in [3.05, 3.63) is 21.9 Å². The van der Waals surface area contributed by atoms with Gasteiger partial charge in [0, 0.05) is 11.4 Å². The molecule has 1 aromatic rings. The molecule has 0 bridgehead atoms. The maximum atomic E-state index is 12.1. The van der Waals surface area contributed by atoms with Crippen LogP contribution in [0.2, 0.25) is 0 Å². The Morgan fingerprint density at radius 1 is 1.41 bits per heavy atom. The van der Waals surface area contributed by atoms with Gasteiger partial charge >= 0.3 is 0 Å². The third kappa shape index (κ3) is 3.17. The van der Waals surface area contributed by atoms with Gasteiger partial charge in [-0.1, -0.05) is 13.8 Å². The Bertz CT molecular complexity index is 399. The maximum absolute atomic E-state index is 12.1. The van der Waals surface area contributed by atoms with E-state index in [0.717, 1.165) is 23.9 Å². The smallest absolute Gasteiger partial charge is 0.186 e. The van der Waals surface area contributed by atoms with Crippen LogP contribution in [0.1, 0.15) is 34.8 Å². The van der Waals surface area contributed by atoms with Crippen LogP contribution in [0.4, 0.5) is 0 Å². The Morgan fingerprint density at radius 3 is 2.76 bits per heavy atom. The van der Waals surface area contributed by atoms with Crippen LogP contribution in [0.3, 0.4) is 0 Å². The number of rotatable bonds is 3. The molecule has 1 aliphatic rings. The third-order valence-corrected chi connectivity index (χ3v) is 4.84. The molecule has 2 atom stereocenters. The van der Waals surface area contributed by atoms with Gasteiger partial charge in [0.05, 0.1) is 11.4 Å². The van der Waals surface area contributed by atoms with Crippen molar-refractivity contribution >= 4 is 17.1 Å². The highest BCUT2D eigenvalue weighted by Gasteiger charge is 2.24. The van der Waals surface area contributed by atoms with Gasteiger partial charge in [-0.25, -0.2) is 0 Å². The fraction of sp³-hybridized carbons (Fsp3) is 0.643. The molecule has 0 N–H and O–H groups in total. The van der Waals surface area contributed by atoms with Crippen LogP contribution >= 0.6 is 11.3 Å². The SMILES string of the molecule is Cc1ccc(C(=O)CN2CCC(C)C(C)C2)s1. The molecule has 0 spiro atoms. The summed E-state index contributed by atoms with van der Waals surface area (Å²) in [5, 5.41) is 0. The summed E-state index contributed by atoms with van der Waals surface area (Å²) < 4.78 is 0. The molecule has 94 valence electrons. The summed E-state index contributed by atoms with van der Waals surface area (Å²) in [4.78, 5) is 16.5. The van der Waals surface area contributed by atoms with E-state index in [1.807, 2.05) is 19.1 Å². The van der Waals surface area contributed by atoms with E-state index < -0.39 is 0 Å². The maximum Gasteiger partial charge on any atom is 0.186 e. The summed E-state index contributed by atoms with van der Waals surface area (Å²) in [6.45, 7) is 9.38. The molecule has 17 heavy (non-hydrogen) atoms. The molecule has 2 rings (SSSR count). The molecule has 0 aromatic carbocycles. The molecule has 0 aliphatic carbocycles. The molecule has 1 fully saturated rings. The number of piperidine rings is 1. The number of hydrogen-bond acceptors (Lipinski definition) is 3. The molecule has 0 amide bonds. The zero-order chi connectivity index (χ0) is 12.4. The Morgan fingerprint density at radius 2 is 2.18 bits per heavy atom. The fourth-order valence-corrected chi connectivity index (χ4v) is 3.16. The van der Waals surface area contributed by atoms with Crippen LogP contribution < -0.4 is 0 Å². The van der Waals surface area contributed by atoms with Gasteiger partial charge in [-0.05, 0) is 43.9 Å². The number of thiophene rings is 1. The van der Waals surface area contributed by atoms with E-state index in [2.05, 4.69) is 18.7 Å². The van der Waals surface area contributed by atoms with Crippen molar-refractivity contribution in [1.82, 2.24) is 4.90 Å². The Labute approximate surface area is 108 Å². The van der Waals surface area contributed by atoms with Crippen LogP contribution in [-0.2, 0) is 0 Å². The number of Topliss-reactive ketones (excluding diaryl/α,β-unsaturated/α-hetero) is 1. The monoisotopic (exact) mass is 251 g/mol. The first-order valence-corrected chi connectivity index (χ1v) is 7.20. The molecule has 1 saturated heterocycles. The van der Waals surface area contributed by atoms with E-state index >= 15 is 0 Å². The normalized spacial score (nSPS) is 26.1. The van der Waals surface area contributed by atoms with Gasteiger partial charge in [-0.15, -0.1) is 11.3 Å². The summed E-state index contributed by atoms with van der Waals surface area (Å²) in [5.74, 6) is 1.79. The third-order valence-electron chi connectivity index (χ3n) is 3.80. The van der Waals surface area contributed by atoms with Crippen LogP contribution in [0.15, 0.2) is 12.1 Å². The van der Waals surface area contributed by atoms with Crippen molar-refractivity contribution in [2.24, 2.45) is 11.8 Å². The number of likely N-dealkylation sites (tertiary alicyclic amines) is 1. The lowest BCUT2D eigenvalue weighted by Gasteiger charge is -2.34. The fourth-order valence-electron chi connectivity index (χ4n) is 2.36. The molecule has 0 saturated carbocycles. The average molecular weight is 251 g/mol. The first-order chi connectivity index (χ1) is 8.06. The lowest BCUT2D eigenvalue weighted by Crippen LogP contribution is -2.41. The van der Waals surface area contributed by atoms with E-state index in [-0.39, 0.29) is 5.78 Å². The molecule has 2 nitrogen and oxygen atoms in total. The van der Waals surface area contributed by atoms with Gasteiger partial charge in [0.15, 0.2) is 5.78 Å². The first kappa shape index (κ1) is 12.8. The van der Waals surface area contributed by atoms with Gasteiger partial charge in [0.1, 0.15) is 0 Å². The number of aryl methyl sites for hydroxylation is 1. The van der Waals surface area contributed by atoms with Crippen LogP contribution in [0.5, 0.6) is 0 Å². The van der Waals surface area contributed by atoms with Gasteiger partial charge in [0.2, 0.25) is 0 Å². The van der Waals surface area contributed by atoms with E-state index in [4.69, 9.17) is 0 Å². The lowest BCUT2D eigenvalue weighted by atomic mass is 9.88. The highest BCUT2D eigenvalue weighted by atomic mass is 32.1. The van der Waals surface area contributed by atoms with Crippen molar-refractivity contribution in [2.45, 2.75) is 27.2 Å². The van der Waals surface area contributed by atoms with Crippen molar-refractivity contribution in [3.8, 4) is 0 Å². The molecule has 0 radical (unpaired) electrons. The van der Waals surface area contributed by atoms with Crippen molar-refractivity contribution in [1.29, 1.82) is 0 Å². The second kappa shape index (κ2) is 5.32. The van der Waals surface area contributed by atoms with E-state index in [1.165, 1.54) is 11.3 Å². The summed E-state index contributed by atoms with van der Waals surface area (Å²) in [5.41, 5.74) is 0. The Kier molecular flexibility index (Phi) is 4.00. The van der Waals surface area contributed by atoms with E-state index in [0.29, 0.717) is 12.5 Å². The second-order valence-electron chi connectivity index (χ2n) is 5.31. The van der Waals surface area contributed by atoms with Gasteiger partial charge < -0.3 is 0 Å². The number of carbonyl (C=O) groups excluding carboxylic acids is 1. The molecular formula is C14H21NOS. The largest absolute Gasteiger partial charge is 0.295 e. The number of carbonyl (C=O) groups is 1. The summed E-state index contributed by atoms with van der Waals surface area (Å²) in [7, 11) is 0. The molecule has 1 aromatic heterocycles. The van der Waals surface area contributed by atoms with Crippen LogP contribution in [0.25, 0.3) is 0 Å². The number of nitrogens with zero attached hydrogens (tertiary/aromatic N) is 1. The molecular weight excluding hydrogens is 230 g/mol. The average Bonchev–Trinajstić information content (AvgIpc) is 2.70. The first-order valence-electron chi connectivity index (χ1n) is 6.38. The minimum absolute atomic E-state index is 0.282. The predicted molar refractivity (Wildman–Crippen MR) is 72.8 cm³/mol. The lowest BCUT2D eigenvalue weighted by molar-refractivity contribution is 0.0853. The minimum atomic E-state index is 0.282. The molecule has 3 heteroatoms. The van der Waals surface area contributed by atoms with Crippen molar-refractivity contribution < 1.29 is 4.79 Å². The Balaban J connectivity index is 1.91. The Hall–Kier alpha value is -0.670. The van der Waals surface area contributed by atoms with Crippen molar-refractivity contribution in [2.75, 3.05) is 19.6 Å². The van der Waals surface area contributed by atoms with Gasteiger partial charge in [-0.2, -0.15) is 0 Å². The zero-order valence-corrected chi connectivity index (χ0v) is 11.7. The van der Waals surface area contributed by atoms with E-state index in [9.17, 15) is 4.79 Å². The summed E-state index contributed by atoms with van der Waals surface area (Å²) >= 11 is 1.61. The van der Waals surface area contributed by atoms with E-state index in [1.54, 1.807) is 11.3 Å². The van der Waals surface area contributed by atoms with Gasteiger partial charge in [-0.3, -0.25) is 9.69 Å². The van der Waals surface area contributed by atoms with Crippen LogP contribution in [0, 0.1) is 18.8 Å². The number of hydrogen-bond donors (Lipinski definition) is 0. The molecule has 2 heterocycles. The predicted octanol–water partition coefficient (Wildman–Crippen LogP) is 3.22. The summed E-state index contributed by atoms with van der Waals surface area (Å²) in [6, 6.07) is 3.98. The standard InChI is InChI=1S/C14H21NOS/c1-10-6-7-15(8-11(10)2)9-13(16)14-5-4-12(3)17-14/h4-5,10-11H,6-9H2,1-3H3. The highest BCUT2D eigenvalue weighted by Crippen LogP contribution is 2.23. The molecule has 1 aliphatic heterocycles. The summed E-state index contributed by atoms with van der Waals surface area (Å²) in [6.07, 6.45) is 1.22. The quantitative estimate of drug-likeness (QED) is 0.769. The highest BCUT2D eigenvalue weighted by molar-refractivity contribution is 7.14. The van der Waals surface area contributed by atoms with Crippen molar-refractivity contribution in [3.63, 3.8) is 0 Å². The second-order valence-corrected chi connectivity index (χ2v) is 6.60. The number of ketones is 1. The minimum Gasteiger partial charge on any atom is -0.295 e. The van der Waals surface area contributed by atoms with Crippen LogP contribution in [-0.4, -0.2) is 30.3 Å². The van der Waals surface area contributed by atoms with Gasteiger partial charge in [0.25, 0.3) is 0 Å². The molecule has 2 unspecified atom stereocenters. The zero-order valence-electron chi connectivity index (χ0n) is 10.9. The topological polar surface area (TPSA) is 20.3 Å².